The highest BCUT2D eigenvalue weighted by Crippen LogP contribution is 2.27. The fourth-order valence-electron chi connectivity index (χ4n) is 4.47. The Kier molecular flexibility index (Phi) is 7.79. The minimum Gasteiger partial charge on any atom is -0.497 e. The number of hydrogen-bond donors (Lipinski definition) is 0. The first-order chi connectivity index (χ1) is 18.9. The van der Waals surface area contributed by atoms with E-state index in [2.05, 4.69) is 25.1 Å². The molecule has 4 aromatic carbocycles. The van der Waals surface area contributed by atoms with E-state index in [0.29, 0.717) is 45.4 Å². The smallest absolute Gasteiger partial charge is 0.266 e. The van der Waals surface area contributed by atoms with Gasteiger partial charge < -0.3 is 9.64 Å². The first-order valence-electron chi connectivity index (χ1n) is 12.6. The number of thioether (sulfide) groups is 1. The van der Waals surface area contributed by atoms with Crippen LogP contribution in [0.15, 0.2) is 107 Å². The molecule has 0 fully saturated rings. The van der Waals surface area contributed by atoms with Crippen LogP contribution in [0, 0.1) is 6.92 Å². The van der Waals surface area contributed by atoms with Gasteiger partial charge in [-0.2, -0.15) is 0 Å². The van der Waals surface area contributed by atoms with Gasteiger partial charge in [-0.25, -0.2) is 4.98 Å². The molecule has 5 aromatic rings. The number of methoxy groups -OCH3 is 1. The van der Waals surface area contributed by atoms with Gasteiger partial charge in [0.2, 0.25) is 0 Å². The highest BCUT2D eigenvalue weighted by molar-refractivity contribution is 7.98. The Balaban J connectivity index is 1.55. The second-order valence-electron chi connectivity index (χ2n) is 9.39. The predicted molar refractivity (Wildman–Crippen MR) is 157 cm³/mol. The van der Waals surface area contributed by atoms with Crippen molar-refractivity contribution in [3.63, 3.8) is 0 Å². The van der Waals surface area contributed by atoms with E-state index in [1.165, 1.54) is 17.3 Å². The van der Waals surface area contributed by atoms with Crippen molar-refractivity contribution in [2.24, 2.45) is 0 Å². The molecular formula is C32H29N3O3S. The minimum absolute atomic E-state index is 0.131. The van der Waals surface area contributed by atoms with Crippen LogP contribution in [0.5, 0.6) is 5.75 Å². The quantitative estimate of drug-likeness (QED) is 0.173. The summed E-state index contributed by atoms with van der Waals surface area (Å²) in [5, 5.41) is 0.990. The van der Waals surface area contributed by atoms with Gasteiger partial charge in [0.05, 0.1) is 23.7 Å². The molecule has 1 aromatic heterocycles. The molecule has 0 bridgehead atoms. The highest BCUT2D eigenvalue weighted by Gasteiger charge is 2.18. The molecule has 196 valence electrons. The van der Waals surface area contributed by atoms with Crippen molar-refractivity contribution < 1.29 is 9.53 Å². The Morgan fingerprint density at radius 3 is 2.46 bits per heavy atom. The number of aromatic nitrogens is 2. The Hall–Kier alpha value is -4.36. The van der Waals surface area contributed by atoms with Gasteiger partial charge in [-0.15, -0.1) is 0 Å². The summed E-state index contributed by atoms with van der Waals surface area (Å²) in [6, 6.07) is 30.6. The van der Waals surface area contributed by atoms with E-state index in [-0.39, 0.29) is 11.5 Å². The molecule has 0 aliphatic carbocycles. The van der Waals surface area contributed by atoms with Crippen molar-refractivity contribution in [2.45, 2.75) is 24.4 Å². The Morgan fingerprint density at radius 2 is 1.69 bits per heavy atom. The van der Waals surface area contributed by atoms with Gasteiger partial charge in [0, 0.05) is 31.0 Å². The summed E-state index contributed by atoms with van der Waals surface area (Å²) in [4.78, 5) is 33.7. The number of fused-ring (bicyclic) bond motifs is 1. The lowest BCUT2D eigenvalue weighted by Gasteiger charge is -2.18. The lowest BCUT2D eigenvalue weighted by atomic mass is 10.1. The van der Waals surface area contributed by atoms with Gasteiger partial charge >= 0.3 is 0 Å². The van der Waals surface area contributed by atoms with E-state index in [1.54, 1.807) is 41.8 Å². The second-order valence-corrected chi connectivity index (χ2v) is 10.3. The van der Waals surface area contributed by atoms with Crippen molar-refractivity contribution in [1.29, 1.82) is 0 Å². The molecule has 0 radical (unpaired) electrons. The predicted octanol–water partition coefficient (Wildman–Crippen LogP) is 6.27. The van der Waals surface area contributed by atoms with Crippen molar-refractivity contribution in [1.82, 2.24) is 14.5 Å². The summed E-state index contributed by atoms with van der Waals surface area (Å²) >= 11 is 1.48. The van der Waals surface area contributed by atoms with Crippen LogP contribution in [0.1, 0.15) is 27.0 Å². The zero-order valence-corrected chi connectivity index (χ0v) is 22.9. The molecule has 7 heteroatoms. The third-order valence-electron chi connectivity index (χ3n) is 6.46. The molecule has 0 saturated heterocycles. The summed E-state index contributed by atoms with van der Waals surface area (Å²) in [6.45, 7) is 2.54. The van der Waals surface area contributed by atoms with Crippen LogP contribution in [-0.4, -0.2) is 34.5 Å². The van der Waals surface area contributed by atoms with Crippen molar-refractivity contribution in [3.05, 3.63) is 130 Å². The maximum Gasteiger partial charge on any atom is 0.266 e. The van der Waals surface area contributed by atoms with Gasteiger partial charge in [0.15, 0.2) is 5.16 Å². The summed E-state index contributed by atoms with van der Waals surface area (Å²) in [6.07, 6.45) is 0. The Bertz CT molecular complexity index is 1700. The van der Waals surface area contributed by atoms with Gasteiger partial charge in [0.1, 0.15) is 5.75 Å². The second kappa shape index (κ2) is 11.6. The lowest BCUT2D eigenvalue weighted by molar-refractivity contribution is 0.0785. The normalized spacial score (nSPS) is 10.9. The van der Waals surface area contributed by atoms with Crippen LogP contribution in [0.25, 0.3) is 16.6 Å². The van der Waals surface area contributed by atoms with Crippen LogP contribution < -0.4 is 10.3 Å². The van der Waals surface area contributed by atoms with E-state index in [9.17, 15) is 9.59 Å². The van der Waals surface area contributed by atoms with E-state index in [4.69, 9.17) is 9.72 Å². The molecule has 39 heavy (non-hydrogen) atoms. The average Bonchev–Trinajstić information content (AvgIpc) is 2.96. The number of rotatable bonds is 8. The minimum atomic E-state index is -0.198. The monoisotopic (exact) mass is 535 g/mol. The molecule has 0 N–H and O–H groups in total. The molecule has 5 rings (SSSR count). The summed E-state index contributed by atoms with van der Waals surface area (Å²) in [7, 11) is 3.37. The molecular weight excluding hydrogens is 506 g/mol. The SMILES string of the molecule is COc1cccc(-n2c(SCc3cccc(C)c3)nc3cc(C(=O)N(C)Cc4ccccc4)ccc3c2=O)c1. The summed E-state index contributed by atoms with van der Waals surface area (Å²) < 4.78 is 7.03. The maximum atomic E-state index is 13.8. The highest BCUT2D eigenvalue weighted by atomic mass is 32.2. The fraction of sp³-hybridized carbons (Fsp3) is 0.156. The molecule has 1 amide bonds. The maximum absolute atomic E-state index is 13.8. The lowest BCUT2D eigenvalue weighted by Crippen LogP contribution is -2.26. The molecule has 0 aliphatic rings. The number of amides is 1. The van der Waals surface area contributed by atoms with E-state index in [1.807, 2.05) is 60.7 Å². The molecule has 0 unspecified atom stereocenters. The van der Waals surface area contributed by atoms with E-state index >= 15 is 0 Å². The standard InChI is InChI=1S/C32H29N3O3S/c1-22-9-7-12-24(17-22)21-39-32-33-29-18-25(30(36)34(2)20-23-10-5-4-6-11-23)15-16-28(29)31(37)35(32)26-13-8-14-27(19-26)38-3/h4-19H,20-21H2,1-3H3. The zero-order chi connectivity index (χ0) is 27.4. The zero-order valence-electron chi connectivity index (χ0n) is 22.1. The van der Waals surface area contributed by atoms with Gasteiger partial charge in [-0.1, -0.05) is 78.0 Å². The molecule has 0 atom stereocenters. The fourth-order valence-corrected chi connectivity index (χ4v) is 5.43. The molecule has 6 nitrogen and oxygen atoms in total. The van der Waals surface area contributed by atoms with Gasteiger partial charge in [-0.3, -0.25) is 14.2 Å². The number of hydrogen-bond acceptors (Lipinski definition) is 5. The number of carbonyl (C=O) groups is 1. The Labute approximate surface area is 231 Å². The van der Waals surface area contributed by atoms with Crippen LogP contribution in [-0.2, 0) is 12.3 Å². The first-order valence-corrected chi connectivity index (χ1v) is 13.6. The van der Waals surface area contributed by atoms with Crippen LogP contribution in [0.4, 0.5) is 0 Å². The number of ether oxygens (including phenoxy) is 1. The third kappa shape index (κ3) is 5.89. The molecule has 0 spiro atoms. The number of aryl methyl sites for hydroxylation is 1. The number of carbonyl (C=O) groups excluding carboxylic acids is 1. The Morgan fingerprint density at radius 1 is 0.923 bits per heavy atom. The largest absolute Gasteiger partial charge is 0.497 e. The van der Waals surface area contributed by atoms with E-state index < -0.39 is 0 Å². The van der Waals surface area contributed by atoms with Crippen molar-refractivity contribution in [3.8, 4) is 11.4 Å². The molecule has 1 heterocycles. The third-order valence-corrected chi connectivity index (χ3v) is 7.47. The van der Waals surface area contributed by atoms with E-state index in [0.717, 1.165) is 11.1 Å². The van der Waals surface area contributed by atoms with Gasteiger partial charge in [0.25, 0.3) is 11.5 Å². The molecule has 0 aliphatic heterocycles. The topological polar surface area (TPSA) is 64.4 Å². The summed E-state index contributed by atoms with van der Waals surface area (Å²) in [5.74, 6) is 1.16. The van der Waals surface area contributed by atoms with Crippen molar-refractivity contribution in [2.75, 3.05) is 14.2 Å². The van der Waals surface area contributed by atoms with Gasteiger partial charge in [-0.05, 0) is 48.4 Å². The van der Waals surface area contributed by atoms with Crippen molar-refractivity contribution >= 4 is 28.6 Å². The molecule has 0 saturated carbocycles. The average molecular weight is 536 g/mol. The first kappa shape index (κ1) is 26.3. The number of benzene rings is 4. The summed E-state index contributed by atoms with van der Waals surface area (Å²) in [5.41, 5.74) is 4.81. The van der Waals surface area contributed by atoms with Crippen LogP contribution in [0.3, 0.4) is 0 Å². The van der Waals surface area contributed by atoms with Crippen LogP contribution in [0.2, 0.25) is 0 Å². The number of nitrogens with zero attached hydrogens (tertiary/aromatic N) is 3. The van der Waals surface area contributed by atoms with Crippen LogP contribution >= 0.6 is 11.8 Å².